The lowest BCUT2D eigenvalue weighted by atomic mass is 10.1. The standard InChI is InChI=1S/C17H28N2O/c1-5-19(6-2)15-9-7-14(8-10-15)18-13-16-11-12-17(3,4)20-16/h7-10,16,18H,5-6,11-13H2,1-4H3. The molecule has 0 saturated carbocycles. The first kappa shape index (κ1) is 15.2. The Labute approximate surface area is 123 Å². The molecular weight excluding hydrogens is 248 g/mol. The van der Waals surface area contributed by atoms with Crippen LogP contribution in [0.3, 0.4) is 0 Å². The molecule has 112 valence electrons. The normalized spacial score (nSPS) is 20.9. The van der Waals surface area contributed by atoms with Crippen molar-refractivity contribution in [1.82, 2.24) is 0 Å². The van der Waals surface area contributed by atoms with Gasteiger partial charge in [-0.25, -0.2) is 0 Å². The van der Waals surface area contributed by atoms with Gasteiger partial charge in [-0.15, -0.1) is 0 Å². The van der Waals surface area contributed by atoms with Crippen molar-refractivity contribution in [1.29, 1.82) is 0 Å². The molecule has 2 rings (SSSR count). The highest BCUT2D eigenvalue weighted by Crippen LogP contribution is 2.29. The van der Waals surface area contributed by atoms with Crippen LogP contribution in [-0.4, -0.2) is 31.3 Å². The number of anilines is 2. The molecule has 1 heterocycles. The number of hydrogen-bond donors (Lipinski definition) is 1. The topological polar surface area (TPSA) is 24.5 Å². The van der Waals surface area contributed by atoms with Gasteiger partial charge < -0.3 is 15.0 Å². The molecule has 1 aromatic rings. The lowest BCUT2D eigenvalue weighted by Crippen LogP contribution is -2.25. The molecule has 1 saturated heterocycles. The summed E-state index contributed by atoms with van der Waals surface area (Å²) in [6.07, 6.45) is 2.64. The van der Waals surface area contributed by atoms with Gasteiger partial charge >= 0.3 is 0 Å². The fourth-order valence-electron chi connectivity index (χ4n) is 2.83. The van der Waals surface area contributed by atoms with E-state index in [0.717, 1.165) is 32.5 Å². The van der Waals surface area contributed by atoms with Gasteiger partial charge in [0.2, 0.25) is 0 Å². The summed E-state index contributed by atoms with van der Waals surface area (Å²) in [6.45, 7) is 11.7. The molecule has 0 aromatic heterocycles. The van der Waals surface area contributed by atoms with Crippen LogP contribution in [0.25, 0.3) is 0 Å². The van der Waals surface area contributed by atoms with Crippen molar-refractivity contribution in [2.24, 2.45) is 0 Å². The van der Waals surface area contributed by atoms with Crippen molar-refractivity contribution in [2.45, 2.75) is 52.2 Å². The van der Waals surface area contributed by atoms with Gasteiger partial charge in [0.15, 0.2) is 0 Å². The van der Waals surface area contributed by atoms with Crippen molar-refractivity contribution < 1.29 is 4.74 Å². The highest BCUT2D eigenvalue weighted by molar-refractivity contribution is 5.55. The molecule has 0 bridgehead atoms. The smallest absolute Gasteiger partial charge is 0.0755 e. The van der Waals surface area contributed by atoms with Crippen LogP contribution < -0.4 is 10.2 Å². The fourth-order valence-corrected chi connectivity index (χ4v) is 2.83. The molecule has 0 spiro atoms. The number of nitrogens with one attached hydrogen (secondary N) is 1. The molecule has 0 amide bonds. The predicted octanol–water partition coefficient (Wildman–Crippen LogP) is 3.90. The van der Waals surface area contributed by atoms with Gasteiger partial charge in [-0.2, -0.15) is 0 Å². The summed E-state index contributed by atoms with van der Waals surface area (Å²) in [5, 5.41) is 3.48. The molecule has 20 heavy (non-hydrogen) atoms. The molecule has 1 atom stereocenters. The van der Waals surface area contributed by atoms with Crippen LogP contribution in [0.1, 0.15) is 40.5 Å². The summed E-state index contributed by atoms with van der Waals surface area (Å²) in [5.41, 5.74) is 2.52. The summed E-state index contributed by atoms with van der Waals surface area (Å²) >= 11 is 0. The second kappa shape index (κ2) is 6.49. The van der Waals surface area contributed by atoms with Crippen LogP contribution >= 0.6 is 0 Å². The first-order chi connectivity index (χ1) is 9.54. The van der Waals surface area contributed by atoms with E-state index in [1.54, 1.807) is 0 Å². The molecular formula is C17H28N2O. The first-order valence-corrected chi connectivity index (χ1v) is 7.81. The van der Waals surface area contributed by atoms with E-state index in [9.17, 15) is 0 Å². The third-order valence-corrected chi connectivity index (χ3v) is 4.08. The lowest BCUT2D eigenvalue weighted by molar-refractivity contribution is -0.00910. The Kier molecular flexibility index (Phi) is 4.92. The van der Waals surface area contributed by atoms with Crippen LogP contribution in [0.2, 0.25) is 0 Å². The Morgan fingerprint density at radius 1 is 1.20 bits per heavy atom. The molecule has 0 radical (unpaired) electrons. The molecule has 1 fully saturated rings. The summed E-state index contributed by atoms with van der Waals surface area (Å²) in [6, 6.07) is 8.70. The van der Waals surface area contributed by atoms with E-state index in [-0.39, 0.29) is 5.60 Å². The van der Waals surface area contributed by atoms with Crippen molar-refractivity contribution in [3.05, 3.63) is 24.3 Å². The molecule has 1 aliphatic heterocycles. The molecule has 1 unspecified atom stereocenters. The summed E-state index contributed by atoms with van der Waals surface area (Å²) in [4.78, 5) is 2.35. The van der Waals surface area contributed by atoms with Crippen LogP contribution in [0.15, 0.2) is 24.3 Å². The molecule has 1 aliphatic rings. The molecule has 3 nitrogen and oxygen atoms in total. The minimum atomic E-state index is 0.0545. The van der Waals surface area contributed by atoms with Crippen LogP contribution in [-0.2, 0) is 4.74 Å². The highest BCUT2D eigenvalue weighted by Gasteiger charge is 2.31. The minimum absolute atomic E-state index is 0.0545. The zero-order chi connectivity index (χ0) is 14.6. The number of benzene rings is 1. The van der Waals surface area contributed by atoms with Crippen LogP contribution in [0, 0.1) is 0 Å². The molecule has 0 aliphatic carbocycles. The minimum Gasteiger partial charge on any atom is -0.382 e. The first-order valence-electron chi connectivity index (χ1n) is 7.81. The van der Waals surface area contributed by atoms with Crippen molar-refractivity contribution in [3.8, 4) is 0 Å². The van der Waals surface area contributed by atoms with E-state index in [2.05, 4.69) is 62.2 Å². The fraction of sp³-hybridized carbons (Fsp3) is 0.647. The van der Waals surface area contributed by atoms with Gasteiger partial charge in [-0.1, -0.05) is 0 Å². The maximum absolute atomic E-state index is 6.00. The molecule has 1 aromatic carbocycles. The SMILES string of the molecule is CCN(CC)c1ccc(NCC2CCC(C)(C)O2)cc1. The Bertz CT molecular complexity index is 410. The monoisotopic (exact) mass is 276 g/mol. The average Bonchev–Trinajstić information content (AvgIpc) is 2.79. The summed E-state index contributed by atoms with van der Waals surface area (Å²) in [5.74, 6) is 0. The maximum atomic E-state index is 6.00. The number of nitrogens with zero attached hydrogens (tertiary/aromatic N) is 1. The second-order valence-electron chi connectivity index (χ2n) is 6.14. The predicted molar refractivity (Wildman–Crippen MR) is 86.7 cm³/mol. The van der Waals surface area contributed by atoms with Crippen molar-refractivity contribution in [2.75, 3.05) is 29.9 Å². The summed E-state index contributed by atoms with van der Waals surface area (Å²) < 4.78 is 6.00. The summed E-state index contributed by atoms with van der Waals surface area (Å²) in [7, 11) is 0. The molecule has 3 heteroatoms. The number of ether oxygens (including phenoxy) is 1. The van der Waals surface area contributed by atoms with Crippen molar-refractivity contribution >= 4 is 11.4 Å². The van der Waals surface area contributed by atoms with Gasteiger partial charge in [-0.05, 0) is 64.8 Å². The highest BCUT2D eigenvalue weighted by atomic mass is 16.5. The van der Waals surface area contributed by atoms with Gasteiger partial charge in [0.25, 0.3) is 0 Å². The van der Waals surface area contributed by atoms with Gasteiger partial charge in [-0.3, -0.25) is 0 Å². The third-order valence-electron chi connectivity index (χ3n) is 4.08. The quantitative estimate of drug-likeness (QED) is 0.852. The van der Waals surface area contributed by atoms with E-state index in [0.29, 0.717) is 6.10 Å². The Morgan fingerprint density at radius 2 is 1.85 bits per heavy atom. The third kappa shape index (κ3) is 3.89. The van der Waals surface area contributed by atoms with E-state index >= 15 is 0 Å². The van der Waals surface area contributed by atoms with E-state index in [1.165, 1.54) is 11.4 Å². The second-order valence-corrected chi connectivity index (χ2v) is 6.14. The Balaban J connectivity index is 1.85. The Morgan fingerprint density at radius 3 is 2.35 bits per heavy atom. The van der Waals surface area contributed by atoms with Gasteiger partial charge in [0, 0.05) is 31.0 Å². The number of hydrogen-bond acceptors (Lipinski definition) is 3. The van der Waals surface area contributed by atoms with Crippen LogP contribution in [0.4, 0.5) is 11.4 Å². The maximum Gasteiger partial charge on any atom is 0.0755 e. The number of rotatable bonds is 6. The van der Waals surface area contributed by atoms with Crippen LogP contribution in [0.5, 0.6) is 0 Å². The zero-order valence-electron chi connectivity index (χ0n) is 13.3. The van der Waals surface area contributed by atoms with E-state index in [4.69, 9.17) is 4.74 Å². The van der Waals surface area contributed by atoms with Gasteiger partial charge in [0.05, 0.1) is 11.7 Å². The Hall–Kier alpha value is -1.22. The largest absolute Gasteiger partial charge is 0.382 e. The van der Waals surface area contributed by atoms with Crippen molar-refractivity contribution in [3.63, 3.8) is 0 Å². The average molecular weight is 276 g/mol. The lowest BCUT2D eigenvalue weighted by Gasteiger charge is -2.22. The van der Waals surface area contributed by atoms with Gasteiger partial charge in [0.1, 0.15) is 0 Å². The van der Waals surface area contributed by atoms with E-state index < -0.39 is 0 Å². The zero-order valence-corrected chi connectivity index (χ0v) is 13.3. The molecule has 1 N–H and O–H groups in total. The van der Waals surface area contributed by atoms with E-state index in [1.807, 2.05) is 0 Å².